The van der Waals surface area contributed by atoms with Gasteiger partial charge in [0.05, 0.1) is 15.6 Å². The van der Waals surface area contributed by atoms with Gasteiger partial charge in [-0.2, -0.15) is 5.26 Å². The highest BCUT2D eigenvalue weighted by Gasteiger charge is 2.06. The molecule has 68 valence electrons. The number of halogens is 2. The maximum Gasteiger partial charge on any atom is 0.141 e. The van der Waals surface area contributed by atoms with Gasteiger partial charge in [0.2, 0.25) is 0 Å². The minimum absolute atomic E-state index is 0.295. The van der Waals surface area contributed by atoms with Gasteiger partial charge >= 0.3 is 0 Å². The van der Waals surface area contributed by atoms with Crippen molar-refractivity contribution in [3.63, 3.8) is 0 Å². The number of rotatable bonds is 0. The molecular weight excluding hydrogens is 221 g/mol. The van der Waals surface area contributed by atoms with Crippen molar-refractivity contribution in [2.75, 3.05) is 0 Å². The zero-order valence-electron chi connectivity index (χ0n) is 6.83. The monoisotopic (exact) mass is 223 g/mol. The molecule has 0 saturated carbocycles. The first-order valence-electron chi connectivity index (χ1n) is 3.73. The van der Waals surface area contributed by atoms with Crippen molar-refractivity contribution in [1.29, 1.82) is 5.26 Å². The predicted octanol–water partition coefficient (Wildman–Crippen LogP) is 2.81. The van der Waals surface area contributed by atoms with Crippen LogP contribution in [0, 0.1) is 11.3 Å². The number of aromatic nitrogens is 2. The highest BCUT2D eigenvalue weighted by Crippen LogP contribution is 2.27. The molecular formula is C9H3Cl2N3. The average molecular weight is 224 g/mol. The summed E-state index contributed by atoms with van der Waals surface area (Å²) in [6, 6.07) is 5.19. The highest BCUT2D eigenvalue weighted by atomic mass is 35.5. The summed E-state index contributed by atoms with van der Waals surface area (Å²) in [5, 5.41) is 9.31. The molecule has 14 heavy (non-hydrogen) atoms. The summed E-state index contributed by atoms with van der Waals surface area (Å²) in [4.78, 5) is 8.04. The van der Waals surface area contributed by atoms with Crippen LogP contribution in [0.25, 0.3) is 11.0 Å². The van der Waals surface area contributed by atoms with Gasteiger partial charge in [-0.1, -0.05) is 23.2 Å². The number of nitriles is 1. The Morgan fingerprint density at radius 3 is 2.79 bits per heavy atom. The maximum atomic E-state index is 8.65. The lowest BCUT2D eigenvalue weighted by Gasteiger charge is -2.00. The van der Waals surface area contributed by atoms with E-state index >= 15 is 0 Å². The molecule has 0 amide bonds. The van der Waals surface area contributed by atoms with E-state index in [1.165, 1.54) is 6.20 Å². The van der Waals surface area contributed by atoms with E-state index in [1.807, 2.05) is 6.07 Å². The van der Waals surface area contributed by atoms with E-state index in [2.05, 4.69) is 9.97 Å². The Morgan fingerprint density at radius 2 is 2.07 bits per heavy atom. The van der Waals surface area contributed by atoms with Gasteiger partial charge in [0.25, 0.3) is 0 Å². The SMILES string of the molecule is N#Cc1ccc2ncc(Cl)c(Cl)c2n1. The molecule has 0 aliphatic carbocycles. The normalized spacial score (nSPS) is 10.1. The molecule has 0 bridgehead atoms. The Morgan fingerprint density at radius 1 is 1.29 bits per heavy atom. The molecule has 2 rings (SSSR count). The molecule has 0 aromatic carbocycles. The number of hydrogen-bond donors (Lipinski definition) is 0. The minimum atomic E-state index is 0.295. The van der Waals surface area contributed by atoms with Crippen molar-refractivity contribution < 1.29 is 0 Å². The van der Waals surface area contributed by atoms with E-state index in [-0.39, 0.29) is 0 Å². The second kappa shape index (κ2) is 3.41. The van der Waals surface area contributed by atoms with Gasteiger partial charge in [0.15, 0.2) is 0 Å². The van der Waals surface area contributed by atoms with Gasteiger partial charge in [-0.15, -0.1) is 0 Å². The summed E-state index contributed by atoms with van der Waals surface area (Å²) in [5.41, 5.74) is 1.38. The number of nitrogens with zero attached hydrogens (tertiary/aromatic N) is 3. The first kappa shape index (κ1) is 9.20. The average Bonchev–Trinajstić information content (AvgIpc) is 2.23. The maximum absolute atomic E-state index is 8.65. The first-order chi connectivity index (χ1) is 6.72. The van der Waals surface area contributed by atoms with E-state index in [9.17, 15) is 0 Å². The standard InChI is InChI=1S/C9H3Cl2N3/c10-6-4-13-7-2-1-5(3-12)14-9(7)8(6)11/h1-2,4H. The second-order valence-corrected chi connectivity index (χ2v) is 3.38. The first-order valence-corrected chi connectivity index (χ1v) is 4.49. The lowest BCUT2D eigenvalue weighted by atomic mass is 10.3. The molecule has 2 heterocycles. The molecule has 0 unspecified atom stereocenters. The molecule has 0 fully saturated rings. The van der Waals surface area contributed by atoms with Crippen molar-refractivity contribution in [1.82, 2.24) is 9.97 Å². The van der Waals surface area contributed by atoms with E-state index in [1.54, 1.807) is 12.1 Å². The quantitative estimate of drug-likeness (QED) is 0.691. The lowest BCUT2D eigenvalue weighted by Crippen LogP contribution is -1.88. The zero-order valence-corrected chi connectivity index (χ0v) is 8.34. The fraction of sp³-hybridized carbons (Fsp3) is 0. The van der Waals surface area contributed by atoms with Crippen LogP contribution in [-0.4, -0.2) is 9.97 Å². The predicted molar refractivity (Wildman–Crippen MR) is 54.3 cm³/mol. The van der Waals surface area contributed by atoms with E-state index in [0.29, 0.717) is 26.8 Å². The van der Waals surface area contributed by atoms with Gasteiger partial charge < -0.3 is 0 Å². The van der Waals surface area contributed by atoms with Crippen LogP contribution in [0.1, 0.15) is 5.69 Å². The van der Waals surface area contributed by atoms with Crippen LogP contribution in [0.15, 0.2) is 18.3 Å². The van der Waals surface area contributed by atoms with Gasteiger partial charge in [-0.05, 0) is 12.1 Å². The van der Waals surface area contributed by atoms with Crippen molar-refractivity contribution in [3.8, 4) is 6.07 Å². The van der Waals surface area contributed by atoms with Crippen molar-refractivity contribution in [2.24, 2.45) is 0 Å². The second-order valence-electron chi connectivity index (χ2n) is 2.60. The third-order valence-electron chi connectivity index (χ3n) is 1.72. The van der Waals surface area contributed by atoms with Crippen LogP contribution in [0.3, 0.4) is 0 Å². The van der Waals surface area contributed by atoms with Crippen LogP contribution in [0.4, 0.5) is 0 Å². The van der Waals surface area contributed by atoms with Gasteiger partial charge in [-0.3, -0.25) is 4.98 Å². The Balaban J connectivity index is 2.86. The molecule has 0 atom stereocenters. The zero-order chi connectivity index (χ0) is 10.1. The van der Waals surface area contributed by atoms with Crippen molar-refractivity contribution in [2.45, 2.75) is 0 Å². The molecule has 2 aromatic rings. The van der Waals surface area contributed by atoms with Crippen LogP contribution in [-0.2, 0) is 0 Å². The summed E-state index contributed by atoms with van der Waals surface area (Å²) in [6.45, 7) is 0. The number of fused-ring (bicyclic) bond motifs is 1. The fourth-order valence-electron chi connectivity index (χ4n) is 1.08. The van der Waals surface area contributed by atoms with Crippen LogP contribution in [0.2, 0.25) is 10.0 Å². The minimum Gasteiger partial charge on any atom is -0.253 e. The lowest BCUT2D eigenvalue weighted by molar-refractivity contribution is 1.29. The van der Waals surface area contributed by atoms with E-state index in [0.717, 1.165) is 0 Å². The topological polar surface area (TPSA) is 49.6 Å². The number of hydrogen-bond acceptors (Lipinski definition) is 3. The third-order valence-corrected chi connectivity index (χ3v) is 2.49. The molecule has 0 saturated heterocycles. The Bertz CT molecular complexity index is 545. The summed E-state index contributed by atoms with van der Waals surface area (Å²) in [6.07, 6.45) is 1.46. The highest BCUT2D eigenvalue weighted by molar-refractivity contribution is 6.44. The molecule has 3 nitrogen and oxygen atoms in total. The van der Waals surface area contributed by atoms with Crippen LogP contribution < -0.4 is 0 Å². The molecule has 0 aliphatic rings. The van der Waals surface area contributed by atoms with E-state index in [4.69, 9.17) is 28.5 Å². The van der Waals surface area contributed by atoms with Crippen molar-refractivity contribution >= 4 is 34.2 Å². The number of pyridine rings is 2. The van der Waals surface area contributed by atoms with Crippen LogP contribution in [0.5, 0.6) is 0 Å². The molecule has 0 N–H and O–H groups in total. The summed E-state index contributed by atoms with van der Waals surface area (Å²) in [7, 11) is 0. The Hall–Kier alpha value is -1.37. The van der Waals surface area contributed by atoms with Crippen molar-refractivity contribution in [3.05, 3.63) is 34.1 Å². The smallest absolute Gasteiger partial charge is 0.141 e. The Kier molecular flexibility index (Phi) is 2.24. The van der Waals surface area contributed by atoms with E-state index < -0.39 is 0 Å². The largest absolute Gasteiger partial charge is 0.253 e. The molecule has 0 spiro atoms. The molecule has 0 radical (unpaired) electrons. The summed E-state index contributed by atoms with van der Waals surface area (Å²) >= 11 is 11.7. The van der Waals surface area contributed by atoms with Gasteiger partial charge in [0.1, 0.15) is 17.3 Å². The Labute approximate surface area is 89.9 Å². The van der Waals surface area contributed by atoms with Crippen LogP contribution >= 0.6 is 23.2 Å². The molecule has 2 aromatic heterocycles. The summed E-state index contributed by atoms with van der Waals surface area (Å²) in [5.74, 6) is 0. The third kappa shape index (κ3) is 1.39. The van der Waals surface area contributed by atoms with Gasteiger partial charge in [0, 0.05) is 6.20 Å². The fourth-order valence-corrected chi connectivity index (χ4v) is 1.40. The summed E-state index contributed by atoms with van der Waals surface area (Å²) < 4.78 is 0. The molecule has 5 heteroatoms. The van der Waals surface area contributed by atoms with Gasteiger partial charge in [-0.25, -0.2) is 4.98 Å². The molecule has 0 aliphatic heterocycles.